The average Bonchev–Trinajstić information content (AvgIpc) is 0.811. The molecule has 6 nitrogen and oxygen atoms in total. The zero-order valence-electron chi connectivity index (χ0n) is 3.97. The Bertz CT molecular complexity index is 33.2. The predicted molar refractivity (Wildman–Crippen MR) is 22.3 cm³/mol. The molecule has 0 saturated heterocycles. The molecule has 0 heterocycles. The van der Waals surface area contributed by atoms with E-state index in [2.05, 4.69) is 0 Å². The van der Waals surface area contributed by atoms with E-state index in [1.165, 1.54) is 0 Å². The molecule has 7 heavy (non-hydrogen) atoms. The van der Waals surface area contributed by atoms with Gasteiger partial charge >= 0.3 is 22.4 Å². The van der Waals surface area contributed by atoms with Crippen molar-refractivity contribution >= 4 is 0 Å². The van der Waals surface area contributed by atoms with Gasteiger partial charge in [-0.3, -0.25) is 0 Å². The third kappa shape index (κ3) is 4470. The molecule has 0 aliphatic rings. The van der Waals surface area contributed by atoms with Gasteiger partial charge < -0.3 is 27.6 Å². The molecule has 0 aromatic heterocycles. The van der Waals surface area contributed by atoms with Crippen LogP contribution < -0.4 is 12.3 Å². The molecular weight excluding hydrogens is 198 g/mol. The number of quaternary nitrogens is 2. The van der Waals surface area contributed by atoms with Crippen LogP contribution in [0, 0.1) is 15.3 Å². The Kier molecular flexibility index (Phi) is 69.6. The quantitative estimate of drug-likeness (QED) is 0.338. The molecule has 7 heteroatoms. The van der Waals surface area contributed by atoms with E-state index in [-0.39, 0.29) is 34.7 Å². The van der Waals surface area contributed by atoms with Crippen molar-refractivity contribution in [2.45, 2.75) is 0 Å². The Morgan fingerprint density at radius 3 is 1.14 bits per heavy atom. The number of nitrogens with zero attached hydrogens (tertiary/aromatic N) is 1. The molecule has 0 spiro atoms. The molecule has 0 fully saturated rings. The van der Waals surface area contributed by atoms with Crippen LogP contribution in [0.1, 0.15) is 0 Å². The maximum Gasteiger partial charge on any atom is 1.00 e. The fourth-order valence-electron chi connectivity index (χ4n) is 0. The van der Waals surface area contributed by atoms with Crippen LogP contribution >= 0.6 is 0 Å². The third-order valence-electron chi connectivity index (χ3n) is 0. The maximum atomic E-state index is 8.25. The Balaban J connectivity index is -0.0000000150. The first-order valence-electron chi connectivity index (χ1n) is 0.548. The molecule has 0 amide bonds. The molecular formula is H8AgN3O3+2. The van der Waals surface area contributed by atoms with Crippen molar-refractivity contribution in [1.82, 2.24) is 12.3 Å². The largest absolute Gasteiger partial charge is 1.00 e. The summed E-state index contributed by atoms with van der Waals surface area (Å²) < 4.78 is 0. The number of rotatable bonds is 0. The van der Waals surface area contributed by atoms with Gasteiger partial charge in [-0.2, -0.15) is 0 Å². The minimum atomic E-state index is -1.75. The standard InChI is InChI=1S/Ag.NO3.2H3N/c;2-1(3)4;;/h;;2*1H3/q+1;-1;;/p+2. The molecule has 0 rings (SSSR count). The van der Waals surface area contributed by atoms with Crippen LogP contribution in [0.3, 0.4) is 0 Å². The molecule has 50 valence electrons. The van der Waals surface area contributed by atoms with Gasteiger partial charge in [-0.25, -0.2) is 0 Å². The summed E-state index contributed by atoms with van der Waals surface area (Å²) in [5, 5.41) is 14.8. The zero-order chi connectivity index (χ0) is 3.58. The molecule has 0 aromatic rings. The van der Waals surface area contributed by atoms with E-state index in [0.717, 1.165) is 0 Å². The number of hydrogen-bond donors (Lipinski definition) is 2. The van der Waals surface area contributed by atoms with Crippen molar-refractivity contribution in [3.8, 4) is 0 Å². The van der Waals surface area contributed by atoms with Crippen LogP contribution in [0.25, 0.3) is 0 Å². The first-order chi connectivity index (χ1) is 1.73. The second kappa shape index (κ2) is 16.9. The second-order valence-electron chi connectivity index (χ2n) is 0.224. The number of hydrogen-bond acceptors (Lipinski definition) is 3. The summed E-state index contributed by atoms with van der Waals surface area (Å²) in [7, 11) is 0. The smallest absolute Gasteiger partial charge is 0.369 e. The summed E-state index contributed by atoms with van der Waals surface area (Å²) in [4.78, 5) is 8.25. The Hall–Kier alpha value is -0.140. The van der Waals surface area contributed by atoms with Gasteiger partial charge in [-0.15, -0.1) is 0 Å². The van der Waals surface area contributed by atoms with Gasteiger partial charge in [-0.1, -0.05) is 0 Å². The van der Waals surface area contributed by atoms with E-state index in [1.54, 1.807) is 0 Å². The van der Waals surface area contributed by atoms with Crippen LogP contribution in [0.4, 0.5) is 0 Å². The fourth-order valence-corrected chi connectivity index (χ4v) is 0. The van der Waals surface area contributed by atoms with E-state index in [9.17, 15) is 0 Å². The van der Waals surface area contributed by atoms with E-state index in [0.29, 0.717) is 0 Å². The van der Waals surface area contributed by atoms with Crippen LogP contribution in [0.2, 0.25) is 0 Å². The average molecular weight is 206 g/mol. The van der Waals surface area contributed by atoms with Gasteiger partial charge in [0.15, 0.2) is 0 Å². The minimum absolute atomic E-state index is 0. The summed E-state index contributed by atoms with van der Waals surface area (Å²) >= 11 is 0. The predicted octanol–water partition coefficient (Wildman–Crippen LogP) is 0.511. The van der Waals surface area contributed by atoms with Crippen LogP contribution in [0.5, 0.6) is 0 Å². The van der Waals surface area contributed by atoms with E-state index >= 15 is 0 Å². The first-order valence-corrected chi connectivity index (χ1v) is 0.548. The molecule has 0 aliphatic carbocycles. The molecule has 0 bridgehead atoms. The van der Waals surface area contributed by atoms with Crippen molar-refractivity contribution < 1.29 is 27.5 Å². The Morgan fingerprint density at radius 1 is 1.14 bits per heavy atom. The van der Waals surface area contributed by atoms with Gasteiger partial charge in [0.05, 0.1) is 5.09 Å². The summed E-state index contributed by atoms with van der Waals surface area (Å²) in [5.74, 6) is 0. The third-order valence-corrected chi connectivity index (χ3v) is 0. The zero-order valence-corrected chi connectivity index (χ0v) is 5.46. The van der Waals surface area contributed by atoms with Crippen molar-refractivity contribution in [1.29, 1.82) is 0 Å². The van der Waals surface area contributed by atoms with E-state index < -0.39 is 5.09 Å². The van der Waals surface area contributed by atoms with Crippen molar-refractivity contribution in [3.63, 3.8) is 0 Å². The molecule has 0 aliphatic heterocycles. The van der Waals surface area contributed by atoms with Gasteiger partial charge in [0.1, 0.15) is 0 Å². The Morgan fingerprint density at radius 2 is 1.14 bits per heavy atom. The minimum Gasteiger partial charge on any atom is -0.369 e. The monoisotopic (exact) mass is 205 g/mol. The SMILES string of the molecule is O=[N+]([O-])[O-].[Ag+].[NH4+].[NH4+]. The van der Waals surface area contributed by atoms with Gasteiger partial charge in [0.25, 0.3) is 0 Å². The fraction of sp³-hybridized carbons (Fsp3) is 0. The van der Waals surface area contributed by atoms with Crippen LogP contribution in [-0.4, -0.2) is 5.09 Å². The van der Waals surface area contributed by atoms with Crippen LogP contribution in [-0.2, 0) is 22.4 Å². The van der Waals surface area contributed by atoms with Crippen molar-refractivity contribution in [3.05, 3.63) is 15.3 Å². The first kappa shape index (κ1) is 28.8. The summed E-state index contributed by atoms with van der Waals surface area (Å²) in [5.41, 5.74) is 0. The van der Waals surface area contributed by atoms with E-state index in [1.807, 2.05) is 0 Å². The van der Waals surface area contributed by atoms with Gasteiger partial charge in [0, 0.05) is 0 Å². The van der Waals surface area contributed by atoms with Crippen molar-refractivity contribution in [2.75, 3.05) is 0 Å². The second-order valence-corrected chi connectivity index (χ2v) is 0.224. The molecule has 0 saturated carbocycles. The molecule has 0 unspecified atom stereocenters. The normalized spacial score (nSPS) is 3.43. The van der Waals surface area contributed by atoms with E-state index in [4.69, 9.17) is 15.3 Å². The molecule has 8 N–H and O–H groups in total. The van der Waals surface area contributed by atoms with Crippen molar-refractivity contribution in [2.24, 2.45) is 0 Å². The summed E-state index contributed by atoms with van der Waals surface area (Å²) in [6, 6.07) is 0. The Labute approximate surface area is 55.7 Å². The topological polar surface area (TPSA) is 139 Å². The van der Waals surface area contributed by atoms with Gasteiger partial charge in [0.2, 0.25) is 0 Å². The maximum absolute atomic E-state index is 8.25. The van der Waals surface area contributed by atoms with Gasteiger partial charge in [-0.05, 0) is 0 Å². The molecule has 0 aromatic carbocycles. The summed E-state index contributed by atoms with van der Waals surface area (Å²) in [6.07, 6.45) is 0. The molecule has 0 atom stereocenters. The molecule has 0 radical (unpaired) electrons. The van der Waals surface area contributed by atoms with Crippen LogP contribution in [0.15, 0.2) is 0 Å². The summed E-state index contributed by atoms with van der Waals surface area (Å²) in [6.45, 7) is 0.